The third-order valence-corrected chi connectivity index (χ3v) is 7.79. The molecule has 3 fully saturated rings. The van der Waals surface area contributed by atoms with Crippen LogP contribution in [0.5, 0.6) is 11.5 Å². The van der Waals surface area contributed by atoms with Crippen LogP contribution in [0.2, 0.25) is 0 Å². The fraction of sp³-hybridized carbons (Fsp3) is 0.741. The first kappa shape index (κ1) is 25.7. The summed E-state index contributed by atoms with van der Waals surface area (Å²) in [5.74, 6) is 0.383. The van der Waals surface area contributed by atoms with Crippen LogP contribution in [-0.2, 0) is 14.3 Å². The van der Waals surface area contributed by atoms with Crippen molar-refractivity contribution in [3.63, 3.8) is 0 Å². The predicted molar refractivity (Wildman–Crippen MR) is 130 cm³/mol. The van der Waals surface area contributed by atoms with Crippen molar-refractivity contribution in [3.8, 4) is 11.5 Å². The molecule has 8 nitrogen and oxygen atoms in total. The summed E-state index contributed by atoms with van der Waals surface area (Å²) in [7, 11) is 1.40. The standard InChI is InChI=1S/C27H40N2O6/c1-17-25(34-16-19-11-12-19)20(15-18-7-4-3-5-8-18)9-6-10-21(27(32)35-17)29-26(31)23-24(30)22(33-2)13-14-28-23/h13-14,17-21,25,30H,3-12,15-16H2,1-2H3,(H,29,31)/t17-,20+,21-,25-/m0/s1. The zero-order chi connectivity index (χ0) is 24.8. The highest BCUT2D eigenvalue weighted by Crippen LogP contribution is 2.37. The van der Waals surface area contributed by atoms with Crippen molar-refractivity contribution in [1.82, 2.24) is 10.3 Å². The number of nitrogens with one attached hydrogen (secondary N) is 1. The Bertz CT molecular complexity index is 867. The highest BCUT2D eigenvalue weighted by atomic mass is 16.6. The van der Waals surface area contributed by atoms with E-state index in [0.29, 0.717) is 24.2 Å². The summed E-state index contributed by atoms with van der Waals surface area (Å²) in [6.45, 7) is 2.65. The van der Waals surface area contributed by atoms with Gasteiger partial charge in [-0.2, -0.15) is 0 Å². The van der Waals surface area contributed by atoms with E-state index in [-0.39, 0.29) is 23.3 Å². The summed E-state index contributed by atoms with van der Waals surface area (Å²) in [4.78, 5) is 29.9. The van der Waals surface area contributed by atoms with Gasteiger partial charge >= 0.3 is 5.97 Å². The van der Waals surface area contributed by atoms with Gasteiger partial charge in [0.1, 0.15) is 12.1 Å². The molecule has 1 amide bonds. The molecular weight excluding hydrogens is 448 g/mol. The second-order valence-corrected chi connectivity index (χ2v) is 10.6. The summed E-state index contributed by atoms with van der Waals surface area (Å²) in [5.41, 5.74) is -0.175. The van der Waals surface area contributed by atoms with Crippen LogP contribution in [0.4, 0.5) is 0 Å². The molecule has 4 atom stereocenters. The molecule has 0 bridgehead atoms. The first-order valence-corrected chi connectivity index (χ1v) is 13.3. The number of carbonyl (C=O) groups excluding carboxylic acids is 2. The average Bonchev–Trinajstić information content (AvgIpc) is 3.67. The number of rotatable bonds is 8. The van der Waals surface area contributed by atoms with Gasteiger partial charge in [0.2, 0.25) is 0 Å². The molecule has 2 N–H and O–H groups in total. The van der Waals surface area contributed by atoms with E-state index in [1.807, 2.05) is 6.92 Å². The molecule has 8 heteroatoms. The lowest BCUT2D eigenvalue weighted by Gasteiger charge is -2.34. The van der Waals surface area contributed by atoms with Gasteiger partial charge in [-0.1, -0.05) is 38.5 Å². The lowest BCUT2D eigenvalue weighted by Crippen LogP contribution is -2.44. The molecule has 0 aromatic carbocycles. The fourth-order valence-corrected chi connectivity index (χ4v) is 5.61. The lowest BCUT2D eigenvalue weighted by atomic mass is 9.78. The Kier molecular flexibility index (Phi) is 8.87. The van der Waals surface area contributed by atoms with Gasteiger partial charge in [0.05, 0.1) is 13.2 Å². The van der Waals surface area contributed by atoms with Crippen LogP contribution in [-0.4, -0.2) is 53.9 Å². The summed E-state index contributed by atoms with van der Waals surface area (Å²) in [5, 5.41) is 13.0. The highest BCUT2D eigenvalue weighted by Gasteiger charge is 2.37. The minimum absolute atomic E-state index is 0.125. The third-order valence-electron chi connectivity index (χ3n) is 7.79. The van der Waals surface area contributed by atoms with Crippen molar-refractivity contribution in [2.24, 2.45) is 17.8 Å². The van der Waals surface area contributed by atoms with Gasteiger partial charge in [0.25, 0.3) is 5.91 Å². The molecule has 1 aromatic heterocycles. The number of carbonyl (C=O) groups is 2. The molecular formula is C27H40N2O6. The topological polar surface area (TPSA) is 107 Å². The molecule has 1 aromatic rings. The first-order valence-electron chi connectivity index (χ1n) is 13.3. The summed E-state index contributed by atoms with van der Waals surface area (Å²) in [6.07, 6.45) is 13.1. The van der Waals surface area contributed by atoms with E-state index in [2.05, 4.69) is 10.3 Å². The largest absolute Gasteiger partial charge is 0.503 e. The molecule has 194 valence electrons. The Morgan fingerprint density at radius 1 is 1.11 bits per heavy atom. The van der Waals surface area contributed by atoms with Crippen molar-refractivity contribution in [2.45, 2.75) is 95.8 Å². The van der Waals surface area contributed by atoms with Crippen molar-refractivity contribution < 1.29 is 28.9 Å². The predicted octanol–water partition coefficient (Wildman–Crippen LogP) is 4.39. The van der Waals surface area contributed by atoms with Crippen LogP contribution in [0.15, 0.2) is 12.3 Å². The number of aromatic hydroxyl groups is 1. The van der Waals surface area contributed by atoms with Crippen molar-refractivity contribution >= 4 is 11.9 Å². The van der Waals surface area contributed by atoms with Crippen LogP contribution in [0.3, 0.4) is 0 Å². The van der Waals surface area contributed by atoms with Gasteiger partial charge in [0, 0.05) is 18.9 Å². The van der Waals surface area contributed by atoms with Gasteiger partial charge < -0.3 is 24.6 Å². The molecule has 2 heterocycles. The Hall–Kier alpha value is -2.35. The summed E-state index contributed by atoms with van der Waals surface area (Å²) in [6, 6.07) is 0.658. The van der Waals surface area contributed by atoms with Gasteiger partial charge in [0.15, 0.2) is 17.2 Å². The van der Waals surface area contributed by atoms with E-state index in [1.165, 1.54) is 64.3 Å². The smallest absolute Gasteiger partial charge is 0.329 e. The molecule has 1 aliphatic heterocycles. The number of hydrogen-bond donors (Lipinski definition) is 2. The number of nitrogens with zero attached hydrogens (tertiary/aromatic N) is 1. The lowest BCUT2D eigenvalue weighted by molar-refractivity contribution is -0.161. The number of hydrogen-bond acceptors (Lipinski definition) is 7. The van der Waals surface area contributed by atoms with Gasteiger partial charge in [-0.05, 0) is 56.8 Å². The van der Waals surface area contributed by atoms with E-state index in [9.17, 15) is 14.7 Å². The monoisotopic (exact) mass is 488 g/mol. The van der Waals surface area contributed by atoms with Gasteiger partial charge in [-0.3, -0.25) is 4.79 Å². The van der Waals surface area contributed by atoms with Crippen LogP contribution in [0.1, 0.15) is 88.0 Å². The molecule has 3 aliphatic rings. The van der Waals surface area contributed by atoms with E-state index in [0.717, 1.165) is 25.9 Å². The van der Waals surface area contributed by atoms with Crippen LogP contribution in [0, 0.1) is 17.8 Å². The van der Waals surface area contributed by atoms with E-state index < -0.39 is 24.0 Å². The Morgan fingerprint density at radius 2 is 1.89 bits per heavy atom. The van der Waals surface area contributed by atoms with E-state index in [4.69, 9.17) is 14.2 Å². The van der Waals surface area contributed by atoms with Gasteiger partial charge in [-0.25, -0.2) is 9.78 Å². The number of aromatic nitrogens is 1. The summed E-state index contributed by atoms with van der Waals surface area (Å²) < 4.78 is 17.4. The SMILES string of the molecule is COc1ccnc(C(=O)N[C@H]2CCC[C@H](CC3CCCCC3)[C@@H](OCC3CC3)[C@H](C)OC2=O)c1O. The average molecular weight is 489 g/mol. The maximum absolute atomic E-state index is 13.1. The molecule has 1 saturated heterocycles. The molecule has 35 heavy (non-hydrogen) atoms. The van der Waals surface area contributed by atoms with Crippen molar-refractivity contribution in [2.75, 3.05) is 13.7 Å². The van der Waals surface area contributed by atoms with Crippen LogP contribution in [0.25, 0.3) is 0 Å². The van der Waals surface area contributed by atoms with Crippen LogP contribution >= 0.6 is 0 Å². The highest BCUT2D eigenvalue weighted by molar-refractivity contribution is 5.97. The van der Waals surface area contributed by atoms with Gasteiger partial charge in [-0.15, -0.1) is 0 Å². The number of ether oxygens (including phenoxy) is 3. The number of esters is 1. The maximum atomic E-state index is 13.1. The zero-order valence-corrected chi connectivity index (χ0v) is 21.0. The normalized spacial score (nSPS) is 28.3. The quantitative estimate of drug-likeness (QED) is 0.523. The second-order valence-electron chi connectivity index (χ2n) is 10.6. The Morgan fingerprint density at radius 3 is 2.60 bits per heavy atom. The minimum atomic E-state index is -0.810. The second kappa shape index (κ2) is 12.1. The van der Waals surface area contributed by atoms with Crippen molar-refractivity contribution in [3.05, 3.63) is 18.0 Å². The minimum Gasteiger partial charge on any atom is -0.503 e. The molecule has 2 saturated carbocycles. The van der Waals surface area contributed by atoms with E-state index in [1.54, 1.807) is 0 Å². The Balaban J connectivity index is 1.45. The number of cyclic esters (lactones) is 1. The number of methoxy groups -OCH3 is 1. The van der Waals surface area contributed by atoms with Crippen molar-refractivity contribution in [1.29, 1.82) is 0 Å². The maximum Gasteiger partial charge on any atom is 0.329 e. The summed E-state index contributed by atoms with van der Waals surface area (Å²) >= 11 is 0. The molecule has 0 unspecified atom stereocenters. The molecule has 4 rings (SSSR count). The number of amides is 1. The molecule has 0 radical (unpaired) electrons. The third kappa shape index (κ3) is 6.87. The Labute approximate surface area is 208 Å². The molecule has 0 spiro atoms. The van der Waals surface area contributed by atoms with Crippen LogP contribution < -0.4 is 10.1 Å². The zero-order valence-electron chi connectivity index (χ0n) is 21.0. The molecule has 2 aliphatic carbocycles. The first-order chi connectivity index (χ1) is 17.0. The number of pyridine rings is 1. The van der Waals surface area contributed by atoms with E-state index >= 15 is 0 Å². The fourth-order valence-electron chi connectivity index (χ4n) is 5.61.